The number of nitro groups is 1. The zero-order valence-corrected chi connectivity index (χ0v) is 20.7. The number of hydrogen-bond acceptors (Lipinski definition) is 7. The van der Waals surface area contributed by atoms with Crippen molar-refractivity contribution in [3.63, 3.8) is 0 Å². The number of benzene rings is 2. The van der Waals surface area contributed by atoms with Gasteiger partial charge in [0.25, 0.3) is 5.91 Å². The second kappa shape index (κ2) is 9.76. The fourth-order valence-electron chi connectivity index (χ4n) is 4.26. The Balaban J connectivity index is 1.40. The third-order valence-corrected chi connectivity index (χ3v) is 6.62. The highest BCUT2D eigenvalue weighted by atomic mass is 35.5. The van der Waals surface area contributed by atoms with Gasteiger partial charge in [-0.2, -0.15) is 13.2 Å². The Morgan fingerprint density at radius 3 is 2.42 bits per heavy atom. The van der Waals surface area contributed by atoms with Gasteiger partial charge in [-0.3, -0.25) is 14.9 Å². The van der Waals surface area contributed by atoms with E-state index in [2.05, 4.69) is 9.97 Å². The molecular weight excluding hydrogens is 550 g/mol. The molecule has 0 saturated carbocycles. The number of halogens is 5. The molecule has 2 aromatic heterocycles. The summed E-state index contributed by atoms with van der Waals surface area (Å²) in [6.07, 6.45) is -3.23. The fraction of sp³-hybridized carbons (Fsp3) is 0.208. The third-order valence-electron chi connectivity index (χ3n) is 6.09. The largest absolute Gasteiger partial charge is 0.433 e. The van der Waals surface area contributed by atoms with E-state index in [1.54, 1.807) is 12.1 Å². The van der Waals surface area contributed by atoms with Crippen LogP contribution in [0.15, 0.2) is 53.2 Å². The molecule has 1 aliphatic heterocycles. The van der Waals surface area contributed by atoms with Crippen LogP contribution < -0.4 is 4.90 Å². The van der Waals surface area contributed by atoms with Gasteiger partial charge in [0.2, 0.25) is 0 Å². The van der Waals surface area contributed by atoms with E-state index in [0.717, 1.165) is 18.2 Å². The number of fused-ring (bicyclic) bond motifs is 1. The second-order valence-electron chi connectivity index (χ2n) is 8.45. The summed E-state index contributed by atoms with van der Waals surface area (Å²) in [5.74, 6) is -0.543. The van der Waals surface area contributed by atoms with Crippen molar-refractivity contribution in [3.8, 4) is 11.1 Å². The summed E-state index contributed by atoms with van der Waals surface area (Å²) >= 11 is 12.5. The van der Waals surface area contributed by atoms with Crippen LogP contribution in [0.25, 0.3) is 22.0 Å². The molecule has 5 rings (SSSR count). The maximum Gasteiger partial charge on any atom is 0.433 e. The molecule has 2 aromatic carbocycles. The van der Waals surface area contributed by atoms with Crippen molar-refractivity contribution in [2.75, 3.05) is 31.1 Å². The minimum absolute atomic E-state index is 0.0778. The number of anilines is 1. The Hall–Kier alpha value is -3.90. The molecule has 0 radical (unpaired) electrons. The molecule has 1 amide bonds. The maximum atomic E-state index is 13.3. The van der Waals surface area contributed by atoms with E-state index in [4.69, 9.17) is 27.6 Å². The van der Waals surface area contributed by atoms with Crippen molar-refractivity contribution in [2.45, 2.75) is 6.18 Å². The van der Waals surface area contributed by atoms with Gasteiger partial charge in [0.1, 0.15) is 17.1 Å². The Labute approximate surface area is 222 Å². The average molecular weight is 566 g/mol. The molecule has 9 nitrogen and oxygen atoms in total. The molecule has 3 heterocycles. The molecule has 0 aliphatic carbocycles. The van der Waals surface area contributed by atoms with Crippen LogP contribution in [-0.2, 0) is 6.18 Å². The van der Waals surface area contributed by atoms with Gasteiger partial charge >= 0.3 is 12.1 Å². The van der Waals surface area contributed by atoms with E-state index >= 15 is 0 Å². The van der Waals surface area contributed by atoms with Gasteiger partial charge in [0.05, 0.1) is 17.1 Å². The van der Waals surface area contributed by atoms with Crippen LogP contribution in [0.2, 0.25) is 10.0 Å². The van der Waals surface area contributed by atoms with Gasteiger partial charge in [0, 0.05) is 47.2 Å². The van der Waals surface area contributed by atoms with Crippen LogP contribution in [0, 0.1) is 10.1 Å². The minimum Gasteiger partial charge on any atom is -0.395 e. The molecule has 0 unspecified atom stereocenters. The molecular formula is C24H16Cl2F3N5O4. The molecule has 38 heavy (non-hydrogen) atoms. The first kappa shape index (κ1) is 25.7. The van der Waals surface area contributed by atoms with Crippen molar-refractivity contribution in [1.29, 1.82) is 0 Å². The summed E-state index contributed by atoms with van der Waals surface area (Å²) in [4.78, 5) is 34.9. The number of furan rings is 1. The van der Waals surface area contributed by atoms with Crippen LogP contribution in [0.3, 0.4) is 0 Å². The molecule has 1 saturated heterocycles. The van der Waals surface area contributed by atoms with Crippen molar-refractivity contribution in [2.24, 2.45) is 0 Å². The van der Waals surface area contributed by atoms with Crippen molar-refractivity contribution in [1.82, 2.24) is 14.9 Å². The van der Waals surface area contributed by atoms with E-state index < -0.39 is 28.5 Å². The standard InChI is InChI=1S/C24H16Cl2F3N5O4/c25-15-8-13(7-14(9-15)24(27,28)29)16-11-19-17(10-18(16)26)22(31-12-30-19)32-3-5-33(6-4-32)23(35)20-1-2-21(38-20)34(36)37/h1-2,7-12H,3-6H2. The van der Waals surface area contributed by atoms with E-state index in [-0.39, 0.29) is 21.4 Å². The lowest BCUT2D eigenvalue weighted by atomic mass is 10.0. The van der Waals surface area contributed by atoms with Gasteiger partial charge in [0.15, 0.2) is 5.76 Å². The molecule has 4 aromatic rings. The molecule has 0 atom stereocenters. The van der Waals surface area contributed by atoms with Gasteiger partial charge in [-0.15, -0.1) is 0 Å². The minimum atomic E-state index is -4.58. The van der Waals surface area contributed by atoms with Crippen LogP contribution >= 0.6 is 23.2 Å². The molecule has 0 N–H and O–H groups in total. The lowest BCUT2D eigenvalue weighted by Crippen LogP contribution is -2.49. The lowest BCUT2D eigenvalue weighted by molar-refractivity contribution is -0.402. The highest BCUT2D eigenvalue weighted by molar-refractivity contribution is 6.34. The first-order valence-electron chi connectivity index (χ1n) is 11.1. The second-order valence-corrected chi connectivity index (χ2v) is 9.29. The Bertz CT molecular complexity index is 1570. The van der Waals surface area contributed by atoms with E-state index in [0.29, 0.717) is 48.5 Å². The summed E-state index contributed by atoms with van der Waals surface area (Å²) in [7, 11) is 0. The SMILES string of the molecule is O=C(c1ccc([N+](=O)[O-])o1)N1CCN(c2ncnc3cc(-c4cc(Cl)cc(C(F)(F)F)c4)c(Cl)cc23)CC1. The van der Waals surface area contributed by atoms with E-state index in [1.165, 1.54) is 23.4 Å². The summed E-state index contributed by atoms with van der Waals surface area (Å²) in [6.45, 7) is 1.38. The van der Waals surface area contributed by atoms with E-state index in [1.807, 2.05) is 4.90 Å². The van der Waals surface area contributed by atoms with Crippen LogP contribution in [0.5, 0.6) is 0 Å². The highest BCUT2D eigenvalue weighted by Crippen LogP contribution is 2.39. The smallest absolute Gasteiger partial charge is 0.395 e. The van der Waals surface area contributed by atoms with Crippen molar-refractivity contribution >= 4 is 51.7 Å². The zero-order chi connectivity index (χ0) is 27.2. The summed E-state index contributed by atoms with van der Waals surface area (Å²) in [5.41, 5.74) is 0.0994. The first-order chi connectivity index (χ1) is 18.0. The fourth-order valence-corrected chi connectivity index (χ4v) is 4.77. The van der Waals surface area contributed by atoms with E-state index in [9.17, 15) is 28.1 Å². The average Bonchev–Trinajstić information content (AvgIpc) is 3.38. The predicted molar refractivity (Wildman–Crippen MR) is 133 cm³/mol. The number of rotatable bonds is 4. The van der Waals surface area contributed by atoms with Crippen molar-refractivity contribution < 1.29 is 27.3 Å². The Morgan fingerprint density at radius 2 is 1.76 bits per heavy atom. The molecule has 1 aliphatic rings. The Kier molecular flexibility index (Phi) is 6.61. The number of alkyl halides is 3. The van der Waals surface area contributed by atoms with Crippen LogP contribution in [0.4, 0.5) is 24.9 Å². The first-order valence-corrected chi connectivity index (χ1v) is 11.9. The lowest BCUT2D eigenvalue weighted by Gasteiger charge is -2.35. The number of amides is 1. The van der Waals surface area contributed by atoms with Gasteiger partial charge in [-0.25, -0.2) is 9.97 Å². The molecule has 0 bridgehead atoms. The maximum absolute atomic E-state index is 13.3. The number of nitrogens with zero attached hydrogens (tertiary/aromatic N) is 5. The predicted octanol–water partition coefficient (Wildman–Crippen LogP) is 6.09. The number of carbonyl (C=O) groups is 1. The van der Waals surface area contributed by atoms with Gasteiger partial charge in [-0.05, 0) is 42.0 Å². The van der Waals surface area contributed by atoms with Crippen LogP contribution in [-0.4, -0.2) is 51.9 Å². The van der Waals surface area contributed by atoms with Crippen molar-refractivity contribution in [3.05, 3.63) is 80.3 Å². The summed E-state index contributed by atoms with van der Waals surface area (Å²) in [6, 6.07) is 8.79. The zero-order valence-electron chi connectivity index (χ0n) is 19.2. The molecule has 196 valence electrons. The molecule has 14 heteroatoms. The van der Waals surface area contributed by atoms with Gasteiger partial charge in [-0.1, -0.05) is 23.2 Å². The van der Waals surface area contributed by atoms with Crippen LogP contribution in [0.1, 0.15) is 16.1 Å². The topological polar surface area (TPSA) is 106 Å². The summed E-state index contributed by atoms with van der Waals surface area (Å²) in [5, 5.41) is 11.5. The number of aromatic nitrogens is 2. The monoisotopic (exact) mass is 565 g/mol. The normalized spacial score (nSPS) is 14.2. The Morgan fingerprint density at radius 1 is 1.03 bits per heavy atom. The number of carbonyl (C=O) groups excluding carboxylic acids is 1. The molecule has 0 spiro atoms. The number of hydrogen-bond donors (Lipinski definition) is 0. The third kappa shape index (κ3) is 4.96. The van der Waals surface area contributed by atoms with Gasteiger partial charge < -0.3 is 14.2 Å². The molecule has 1 fully saturated rings. The number of piperazine rings is 1. The summed E-state index contributed by atoms with van der Waals surface area (Å²) < 4.78 is 44.9. The highest BCUT2D eigenvalue weighted by Gasteiger charge is 2.32. The quantitative estimate of drug-likeness (QED) is 0.218.